The second-order valence-corrected chi connectivity index (χ2v) is 7.17. The zero-order valence-electron chi connectivity index (χ0n) is 14.8. The standard InChI is InChI=1S/C21H20ClN3O/c1-13-10-11-17(16(22)12-13)23-21(26)20-15-7-5-9-19(15)25(24-20)18-8-4-3-6-14(18)2/h3-4,6,8,10-12H,5,7,9H2,1-2H3,(H,23,26). The Balaban J connectivity index is 1.72. The SMILES string of the molecule is Cc1ccc(NC(=O)c2nn(-c3ccccc3C)c3c2CCC3)c(Cl)c1. The lowest BCUT2D eigenvalue weighted by atomic mass is 10.1. The van der Waals surface area contributed by atoms with E-state index in [1.807, 2.05) is 48.0 Å². The van der Waals surface area contributed by atoms with Crippen LogP contribution in [0.25, 0.3) is 5.69 Å². The van der Waals surface area contributed by atoms with E-state index in [-0.39, 0.29) is 5.91 Å². The van der Waals surface area contributed by atoms with Gasteiger partial charge in [0.05, 0.1) is 16.4 Å². The number of nitrogens with zero attached hydrogens (tertiary/aromatic N) is 2. The van der Waals surface area contributed by atoms with Crippen LogP contribution in [0.4, 0.5) is 5.69 Å². The Morgan fingerprint density at radius 2 is 1.96 bits per heavy atom. The van der Waals surface area contributed by atoms with Crippen molar-refractivity contribution in [2.45, 2.75) is 33.1 Å². The van der Waals surface area contributed by atoms with E-state index in [2.05, 4.69) is 23.4 Å². The molecule has 1 aromatic heterocycles. The number of anilines is 1. The molecular weight excluding hydrogens is 346 g/mol. The third-order valence-electron chi connectivity index (χ3n) is 4.86. The minimum atomic E-state index is -0.207. The molecule has 1 amide bonds. The second-order valence-electron chi connectivity index (χ2n) is 6.76. The minimum absolute atomic E-state index is 0.207. The third-order valence-corrected chi connectivity index (χ3v) is 5.17. The summed E-state index contributed by atoms with van der Waals surface area (Å²) in [7, 11) is 0. The summed E-state index contributed by atoms with van der Waals surface area (Å²) in [6.07, 6.45) is 2.87. The van der Waals surface area contributed by atoms with Crippen molar-refractivity contribution < 1.29 is 4.79 Å². The van der Waals surface area contributed by atoms with Crippen molar-refractivity contribution in [2.75, 3.05) is 5.32 Å². The van der Waals surface area contributed by atoms with Crippen LogP contribution in [0, 0.1) is 13.8 Å². The number of carbonyl (C=O) groups is 1. The molecule has 0 saturated carbocycles. The van der Waals surface area contributed by atoms with Crippen LogP contribution in [0.15, 0.2) is 42.5 Å². The van der Waals surface area contributed by atoms with Crippen molar-refractivity contribution in [3.63, 3.8) is 0 Å². The molecule has 4 nitrogen and oxygen atoms in total. The average molecular weight is 366 g/mol. The third kappa shape index (κ3) is 2.90. The lowest BCUT2D eigenvalue weighted by molar-refractivity contribution is 0.102. The Bertz CT molecular complexity index is 1010. The van der Waals surface area contributed by atoms with E-state index in [1.165, 1.54) is 0 Å². The molecule has 1 aliphatic rings. The Kier molecular flexibility index (Phi) is 4.29. The molecule has 4 rings (SSSR count). The van der Waals surface area contributed by atoms with E-state index in [4.69, 9.17) is 11.6 Å². The normalized spacial score (nSPS) is 12.9. The fourth-order valence-electron chi connectivity index (χ4n) is 3.52. The molecule has 0 spiro atoms. The van der Waals surface area contributed by atoms with Gasteiger partial charge in [-0.15, -0.1) is 0 Å². The lowest BCUT2D eigenvalue weighted by Crippen LogP contribution is -2.15. The Morgan fingerprint density at radius 3 is 2.73 bits per heavy atom. The van der Waals surface area contributed by atoms with E-state index in [0.29, 0.717) is 16.4 Å². The fraction of sp³-hybridized carbons (Fsp3) is 0.238. The highest BCUT2D eigenvalue weighted by atomic mass is 35.5. The maximum absolute atomic E-state index is 12.9. The van der Waals surface area contributed by atoms with Gasteiger partial charge in [-0.05, 0) is 62.4 Å². The van der Waals surface area contributed by atoms with Gasteiger partial charge in [-0.25, -0.2) is 4.68 Å². The molecule has 132 valence electrons. The van der Waals surface area contributed by atoms with Crippen LogP contribution in [0.1, 0.15) is 39.3 Å². The lowest BCUT2D eigenvalue weighted by Gasteiger charge is -2.09. The monoisotopic (exact) mass is 365 g/mol. The minimum Gasteiger partial charge on any atom is -0.319 e. The number of halogens is 1. The summed E-state index contributed by atoms with van der Waals surface area (Å²) in [6, 6.07) is 13.7. The number of aryl methyl sites for hydroxylation is 2. The van der Waals surface area contributed by atoms with Crippen LogP contribution < -0.4 is 5.32 Å². The molecular formula is C21H20ClN3O. The zero-order chi connectivity index (χ0) is 18.3. The average Bonchev–Trinajstić information content (AvgIpc) is 3.20. The van der Waals surface area contributed by atoms with Crippen LogP contribution in [0.5, 0.6) is 0 Å². The van der Waals surface area contributed by atoms with E-state index in [1.54, 1.807) is 0 Å². The summed E-state index contributed by atoms with van der Waals surface area (Å²) < 4.78 is 1.93. The zero-order valence-corrected chi connectivity index (χ0v) is 15.6. The predicted octanol–water partition coefficient (Wildman–Crippen LogP) is 4.88. The van der Waals surface area contributed by atoms with Crippen LogP contribution in [-0.2, 0) is 12.8 Å². The number of benzene rings is 2. The summed E-state index contributed by atoms with van der Waals surface area (Å²) in [5.74, 6) is -0.207. The molecule has 5 heteroatoms. The first-order valence-corrected chi connectivity index (χ1v) is 9.16. The summed E-state index contributed by atoms with van der Waals surface area (Å²) in [4.78, 5) is 12.9. The molecule has 0 unspecified atom stereocenters. The van der Waals surface area contributed by atoms with Gasteiger partial charge in [0.2, 0.25) is 0 Å². The van der Waals surface area contributed by atoms with Crippen molar-refractivity contribution >= 4 is 23.2 Å². The molecule has 1 aliphatic carbocycles. The first-order valence-electron chi connectivity index (χ1n) is 8.79. The van der Waals surface area contributed by atoms with Crippen LogP contribution in [0.2, 0.25) is 5.02 Å². The van der Waals surface area contributed by atoms with Gasteiger partial charge in [-0.1, -0.05) is 35.9 Å². The molecule has 0 saturated heterocycles. The quantitative estimate of drug-likeness (QED) is 0.718. The number of rotatable bonds is 3. The summed E-state index contributed by atoms with van der Waals surface area (Å²) in [5.41, 5.74) is 6.51. The van der Waals surface area contributed by atoms with E-state index in [0.717, 1.165) is 47.3 Å². The molecule has 0 radical (unpaired) electrons. The first kappa shape index (κ1) is 16.9. The first-order chi connectivity index (χ1) is 12.5. The van der Waals surface area contributed by atoms with E-state index >= 15 is 0 Å². The van der Waals surface area contributed by atoms with Gasteiger partial charge >= 0.3 is 0 Å². The molecule has 1 N–H and O–H groups in total. The van der Waals surface area contributed by atoms with Crippen LogP contribution in [-0.4, -0.2) is 15.7 Å². The smallest absolute Gasteiger partial charge is 0.276 e. The van der Waals surface area contributed by atoms with Crippen molar-refractivity contribution in [1.29, 1.82) is 0 Å². The summed E-state index contributed by atoms with van der Waals surface area (Å²) in [6.45, 7) is 4.03. The molecule has 1 heterocycles. The Hall–Kier alpha value is -2.59. The molecule has 0 atom stereocenters. The van der Waals surface area contributed by atoms with Crippen LogP contribution >= 0.6 is 11.6 Å². The summed E-state index contributed by atoms with van der Waals surface area (Å²) >= 11 is 6.26. The molecule has 2 aromatic carbocycles. The van der Waals surface area contributed by atoms with Gasteiger partial charge in [0, 0.05) is 11.3 Å². The molecule has 26 heavy (non-hydrogen) atoms. The largest absolute Gasteiger partial charge is 0.319 e. The van der Waals surface area contributed by atoms with Crippen molar-refractivity contribution in [1.82, 2.24) is 9.78 Å². The second kappa shape index (κ2) is 6.61. The highest BCUT2D eigenvalue weighted by molar-refractivity contribution is 6.34. The number of hydrogen-bond acceptors (Lipinski definition) is 2. The highest BCUT2D eigenvalue weighted by Crippen LogP contribution is 2.30. The number of nitrogens with one attached hydrogen (secondary N) is 1. The molecule has 0 bridgehead atoms. The van der Waals surface area contributed by atoms with Gasteiger partial charge in [-0.3, -0.25) is 4.79 Å². The predicted molar refractivity (Wildman–Crippen MR) is 104 cm³/mol. The van der Waals surface area contributed by atoms with Gasteiger partial charge in [0.1, 0.15) is 0 Å². The molecule has 3 aromatic rings. The maximum Gasteiger partial charge on any atom is 0.276 e. The maximum atomic E-state index is 12.9. The van der Waals surface area contributed by atoms with E-state index in [9.17, 15) is 4.79 Å². The van der Waals surface area contributed by atoms with Crippen molar-refractivity contribution in [2.24, 2.45) is 0 Å². The number of para-hydroxylation sites is 1. The topological polar surface area (TPSA) is 46.9 Å². The number of aromatic nitrogens is 2. The Morgan fingerprint density at radius 1 is 1.15 bits per heavy atom. The molecule has 0 fully saturated rings. The number of hydrogen-bond donors (Lipinski definition) is 1. The number of carbonyl (C=O) groups excluding carboxylic acids is 1. The number of fused-ring (bicyclic) bond motifs is 1. The van der Waals surface area contributed by atoms with E-state index < -0.39 is 0 Å². The van der Waals surface area contributed by atoms with Crippen LogP contribution in [0.3, 0.4) is 0 Å². The van der Waals surface area contributed by atoms with Gasteiger partial charge in [-0.2, -0.15) is 5.10 Å². The van der Waals surface area contributed by atoms with Crippen molar-refractivity contribution in [3.8, 4) is 5.69 Å². The molecule has 0 aliphatic heterocycles. The summed E-state index contributed by atoms with van der Waals surface area (Å²) in [5, 5.41) is 8.12. The van der Waals surface area contributed by atoms with Gasteiger partial charge in [0.15, 0.2) is 5.69 Å². The van der Waals surface area contributed by atoms with Gasteiger partial charge in [0.25, 0.3) is 5.91 Å². The Labute approximate surface area is 157 Å². The fourth-order valence-corrected chi connectivity index (χ4v) is 3.81. The van der Waals surface area contributed by atoms with Crippen molar-refractivity contribution in [3.05, 3.63) is 75.6 Å². The number of amides is 1. The highest BCUT2D eigenvalue weighted by Gasteiger charge is 2.27. The van der Waals surface area contributed by atoms with Gasteiger partial charge < -0.3 is 5.32 Å².